The minimum atomic E-state index is -0.471. The van der Waals surface area contributed by atoms with E-state index in [2.05, 4.69) is 24.8 Å². The van der Waals surface area contributed by atoms with Crippen LogP contribution in [0.15, 0.2) is 60.7 Å². The summed E-state index contributed by atoms with van der Waals surface area (Å²) in [7, 11) is 1.38. The fourth-order valence-corrected chi connectivity index (χ4v) is 6.08. The number of imidazole rings is 1. The van der Waals surface area contributed by atoms with Crippen LogP contribution in [0.1, 0.15) is 63.2 Å². The molecule has 0 spiro atoms. The van der Waals surface area contributed by atoms with E-state index in [4.69, 9.17) is 24.7 Å². The lowest BCUT2D eigenvalue weighted by Crippen LogP contribution is -2.33. The summed E-state index contributed by atoms with van der Waals surface area (Å²) in [4.78, 5) is 33.4. The van der Waals surface area contributed by atoms with Gasteiger partial charge in [0.25, 0.3) is 0 Å². The minimum Gasteiger partial charge on any atom is -0.473 e. The molecule has 4 heterocycles. The van der Waals surface area contributed by atoms with Gasteiger partial charge in [0.2, 0.25) is 11.8 Å². The zero-order chi connectivity index (χ0) is 33.6. The van der Waals surface area contributed by atoms with E-state index < -0.39 is 5.82 Å². The molecular weight excluding hydrogens is 611 g/mol. The molecule has 2 aromatic carbocycles. The molecule has 12 heteroatoms. The number of fused-ring (bicyclic) bond motifs is 1. The maximum absolute atomic E-state index is 14.3. The average molecular weight is 649 g/mol. The number of nitrogens with zero attached hydrogens (tertiary/aromatic N) is 7. The van der Waals surface area contributed by atoms with Crippen LogP contribution in [0.3, 0.4) is 0 Å². The van der Waals surface area contributed by atoms with E-state index in [0.29, 0.717) is 42.6 Å². The number of carbonyl (C=O) groups excluding carboxylic acids is 1. The third-order valence-corrected chi connectivity index (χ3v) is 8.52. The fourth-order valence-electron chi connectivity index (χ4n) is 6.08. The quantitative estimate of drug-likeness (QED) is 0.178. The van der Waals surface area contributed by atoms with Crippen molar-refractivity contribution in [2.24, 2.45) is 0 Å². The van der Waals surface area contributed by atoms with Crippen LogP contribution in [-0.2, 0) is 24.4 Å². The number of ether oxygens (including phenoxy) is 2. The van der Waals surface area contributed by atoms with Gasteiger partial charge in [0.15, 0.2) is 0 Å². The van der Waals surface area contributed by atoms with Crippen molar-refractivity contribution in [3.63, 3.8) is 0 Å². The zero-order valence-electron chi connectivity index (χ0n) is 27.2. The number of anilines is 1. The van der Waals surface area contributed by atoms with E-state index >= 15 is 0 Å². The lowest BCUT2D eigenvalue weighted by Gasteiger charge is -2.31. The van der Waals surface area contributed by atoms with E-state index in [1.165, 1.54) is 13.2 Å². The number of benzene rings is 2. The Kier molecular flexibility index (Phi) is 9.87. The molecule has 5 aromatic rings. The van der Waals surface area contributed by atoms with Crippen LogP contribution < -0.4 is 10.1 Å². The van der Waals surface area contributed by atoms with Gasteiger partial charge in [-0.3, -0.25) is 4.90 Å². The third kappa shape index (κ3) is 7.58. The smallest absolute Gasteiger partial charge is 0.337 e. The number of aryl methyl sites for hydroxylation is 2. The molecule has 1 N–H and O–H groups in total. The number of halogens is 1. The van der Waals surface area contributed by atoms with Crippen molar-refractivity contribution in [1.29, 1.82) is 5.26 Å². The summed E-state index contributed by atoms with van der Waals surface area (Å²) in [5.41, 5.74) is 5.56. The Morgan fingerprint density at radius 2 is 1.81 bits per heavy atom. The number of piperidine rings is 1. The molecule has 0 radical (unpaired) electrons. The number of methoxy groups -OCH3 is 1. The van der Waals surface area contributed by atoms with Crippen LogP contribution >= 0.6 is 0 Å². The molecule has 1 saturated heterocycles. The zero-order valence-corrected chi connectivity index (χ0v) is 27.2. The summed E-state index contributed by atoms with van der Waals surface area (Å²) in [5.74, 6) is 1.34. The van der Waals surface area contributed by atoms with Gasteiger partial charge < -0.3 is 19.4 Å². The molecule has 246 valence electrons. The van der Waals surface area contributed by atoms with E-state index in [-0.39, 0.29) is 24.1 Å². The Bertz CT molecular complexity index is 1960. The van der Waals surface area contributed by atoms with E-state index in [9.17, 15) is 9.18 Å². The first-order valence-electron chi connectivity index (χ1n) is 15.9. The second-order valence-electron chi connectivity index (χ2n) is 11.9. The molecule has 1 aliphatic rings. The van der Waals surface area contributed by atoms with Crippen LogP contribution in [-0.4, -0.2) is 62.1 Å². The highest BCUT2D eigenvalue weighted by Gasteiger charge is 2.24. The third-order valence-electron chi connectivity index (χ3n) is 8.52. The molecule has 1 fully saturated rings. The lowest BCUT2D eigenvalue weighted by atomic mass is 9.93. The monoisotopic (exact) mass is 648 g/mol. The van der Waals surface area contributed by atoms with Crippen molar-refractivity contribution >= 4 is 23.0 Å². The molecule has 48 heavy (non-hydrogen) atoms. The highest BCUT2D eigenvalue weighted by Crippen LogP contribution is 2.29. The van der Waals surface area contributed by atoms with Crippen LogP contribution in [0.5, 0.6) is 5.88 Å². The number of hydrogen-bond acceptors (Lipinski definition) is 10. The number of likely N-dealkylation sites (tertiary alicyclic amines) is 1. The van der Waals surface area contributed by atoms with Gasteiger partial charge in [-0.05, 0) is 82.2 Å². The molecule has 0 amide bonds. The first kappa shape index (κ1) is 32.5. The van der Waals surface area contributed by atoms with Gasteiger partial charge in [-0.25, -0.2) is 29.1 Å². The van der Waals surface area contributed by atoms with E-state index in [1.807, 2.05) is 50.2 Å². The maximum atomic E-state index is 14.3. The van der Waals surface area contributed by atoms with Crippen molar-refractivity contribution in [3.8, 4) is 11.9 Å². The number of rotatable bonds is 11. The van der Waals surface area contributed by atoms with Crippen LogP contribution in [0.4, 0.5) is 10.3 Å². The van der Waals surface area contributed by atoms with Crippen molar-refractivity contribution < 1.29 is 18.7 Å². The molecule has 0 aliphatic carbocycles. The van der Waals surface area contributed by atoms with Crippen molar-refractivity contribution in [2.45, 2.75) is 52.3 Å². The molecule has 0 atom stereocenters. The Labute approximate surface area is 278 Å². The number of nitriles is 1. The van der Waals surface area contributed by atoms with Crippen LogP contribution in [0.2, 0.25) is 0 Å². The topological polar surface area (TPSA) is 131 Å². The number of pyridine rings is 1. The summed E-state index contributed by atoms with van der Waals surface area (Å²) in [6.45, 7) is 7.48. The van der Waals surface area contributed by atoms with Crippen LogP contribution in [0, 0.1) is 31.0 Å². The Morgan fingerprint density at radius 3 is 2.54 bits per heavy atom. The molecule has 6 rings (SSSR count). The number of carbonyl (C=O) groups is 1. The highest BCUT2D eigenvalue weighted by atomic mass is 19.1. The molecule has 11 nitrogen and oxygen atoms in total. The van der Waals surface area contributed by atoms with Gasteiger partial charge in [0.05, 0.1) is 41.9 Å². The van der Waals surface area contributed by atoms with Gasteiger partial charge in [0.1, 0.15) is 18.2 Å². The summed E-state index contributed by atoms with van der Waals surface area (Å²) in [6, 6.07) is 19.4. The molecule has 0 unspecified atom stereocenters. The van der Waals surface area contributed by atoms with Crippen LogP contribution in [0.25, 0.3) is 11.0 Å². The first-order valence-corrected chi connectivity index (χ1v) is 15.9. The number of nitrogens with one attached hydrogen (secondary N) is 1. The van der Waals surface area contributed by atoms with Crippen molar-refractivity contribution in [3.05, 3.63) is 106 Å². The molecular formula is C36H37FN8O3. The predicted molar refractivity (Wildman–Crippen MR) is 178 cm³/mol. The summed E-state index contributed by atoms with van der Waals surface area (Å²) >= 11 is 0. The minimum absolute atomic E-state index is 0.0295. The Hall–Kier alpha value is -5.41. The number of esters is 1. The number of aromatic nitrogens is 5. The highest BCUT2D eigenvalue weighted by molar-refractivity contribution is 5.93. The molecule has 1 aliphatic heterocycles. The second-order valence-corrected chi connectivity index (χ2v) is 11.9. The maximum Gasteiger partial charge on any atom is 0.337 e. The fraction of sp³-hybridized carbons (Fsp3) is 0.333. The summed E-state index contributed by atoms with van der Waals surface area (Å²) in [5, 5.41) is 12.3. The average Bonchev–Trinajstić information content (AvgIpc) is 3.43. The Morgan fingerprint density at radius 1 is 1.02 bits per heavy atom. The van der Waals surface area contributed by atoms with Crippen molar-refractivity contribution in [1.82, 2.24) is 29.4 Å². The van der Waals surface area contributed by atoms with Gasteiger partial charge >= 0.3 is 5.97 Å². The summed E-state index contributed by atoms with van der Waals surface area (Å²) < 4.78 is 27.3. The standard InChI is InChI=1S/C36H37FN8O3/c1-23-17-24(2)41-36(40-23)39-13-16-45-32-19-27(35(46)47-3)9-10-31(32)42-33(45)21-44-14-11-26(12-15-44)30-5-4-6-34(43-30)48-22-28-8-7-25(20-38)18-29(28)37/h4-10,17-19,26H,11-16,21-22H2,1-3H3,(H,39,40,41). The van der Waals surface area contributed by atoms with E-state index in [1.54, 1.807) is 24.3 Å². The van der Waals surface area contributed by atoms with Gasteiger partial charge in [-0.15, -0.1) is 0 Å². The molecule has 3 aromatic heterocycles. The normalized spacial score (nSPS) is 13.7. The summed E-state index contributed by atoms with van der Waals surface area (Å²) in [6.07, 6.45) is 1.83. The van der Waals surface area contributed by atoms with Gasteiger partial charge in [-0.2, -0.15) is 5.26 Å². The molecule has 0 bridgehead atoms. The SMILES string of the molecule is COC(=O)c1ccc2nc(CN3CCC(c4cccc(OCc5ccc(C#N)cc5F)n4)CC3)n(CCNc3nc(C)cc(C)n3)c2c1. The van der Waals surface area contributed by atoms with Gasteiger partial charge in [-0.1, -0.05) is 12.1 Å². The number of hydrogen-bond donors (Lipinski definition) is 1. The lowest BCUT2D eigenvalue weighted by molar-refractivity contribution is 0.0601. The largest absolute Gasteiger partial charge is 0.473 e. The molecule has 0 saturated carbocycles. The van der Waals surface area contributed by atoms with E-state index in [0.717, 1.165) is 59.9 Å². The first-order chi connectivity index (χ1) is 23.3. The second kappa shape index (κ2) is 14.6. The Balaban J connectivity index is 1.12. The van der Waals surface area contributed by atoms with Crippen molar-refractivity contribution in [2.75, 3.05) is 32.1 Å². The predicted octanol–water partition coefficient (Wildman–Crippen LogP) is 5.71. The van der Waals surface area contributed by atoms with Gasteiger partial charge in [0, 0.05) is 47.7 Å².